The van der Waals surface area contributed by atoms with Crippen molar-refractivity contribution in [1.82, 2.24) is 9.55 Å². The second kappa shape index (κ2) is 10.7. The first kappa shape index (κ1) is 27.2. The Balaban J connectivity index is 1.17. The summed E-state index contributed by atoms with van der Waals surface area (Å²) < 4.78 is 2.33. The standard InChI is InChI=1S/C41H36N4/c1-41(2,3)31-22-23-42-40(27-31)45-36-17-8-7-16-34(36)35-21-20-30(26-39(35)45)24-29-12-11-15-33(25-29)44-28-43(32-13-5-4-6-14-32)37-18-9-10-19-38(37)44/h4-23,25-27H,24,28H2,1-3H3. The topological polar surface area (TPSA) is 24.3 Å². The van der Waals surface area contributed by atoms with Crippen molar-refractivity contribution in [2.75, 3.05) is 16.5 Å². The molecular weight excluding hydrogens is 548 g/mol. The summed E-state index contributed by atoms with van der Waals surface area (Å²) >= 11 is 0. The number of rotatable bonds is 5. The molecule has 0 fully saturated rings. The molecule has 5 aromatic carbocycles. The zero-order chi connectivity index (χ0) is 30.5. The van der Waals surface area contributed by atoms with E-state index in [1.807, 2.05) is 6.20 Å². The van der Waals surface area contributed by atoms with Crippen LogP contribution in [0.4, 0.5) is 22.7 Å². The van der Waals surface area contributed by atoms with Crippen LogP contribution in [-0.4, -0.2) is 16.2 Å². The largest absolute Gasteiger partial charge is 0.321 e. The summed E-state index contributed by atoms with van der Waals surface area (Å²) in [5.41, 5.74) is 11.1. The number of benzene rings is 5. The Morgan fingerprint density at radius 2 is 1.24 bits per heavy atom. The lowest BCUT2D eigenvalue weighted by molar-refractivity contribution is 0.588. The Morgan fingerprint density at radius 3 is 2.04 bits per heavy atom. The van der Waals surface area contributed by atoms with E-state index in [1.165, 1.54) is 61.2 Å². The Hall–Kier alpha value is -5.35. The average molecular weight is 585 g/mol. The Morgan fingerprint density at radius 1 is 0.578 bits per heavy atom. The van der Waals surface area contributed by atoms with Gasteiger partial charge in [0.25, 0.3) is 0 Å². The summed E-state index contributed by atoms with van der Waals surface area (Å²) in [7, 11) is 0. The summed E-state index contributed by atoms with van der Waals surface area (Å²) in [6.07, 6.45) is 2.79. The molecule has 0 spiro atoms. The van der Waals surface area contributed by atoms with Crippen LogP contribution in [-0.2, 0) is 11.8 Å². The minimum atomic E-state index is 0.0423. The number of anilines is 4. The third kappa shape index (κ3) is 4.83. The molecule has 7 aromatic rings. The Bertz CT molecular complexity index is 2170. The minimum absolute atomic E-state index is 0.0423. The van der Waals surface area contributed by atoms with Crippen molar-refractivity contribution in [3.05, 3.63) is 156 Å². The van der Waals surface area contributed by atoms with E-state index >= 15 is 0 Å². The lowest BCUT2D eigenvalue weighted by Crippen LogP contribution is -2.23. The van der Waals surface area contributed by atoms with Gasteiger partial charge in [-0.3, -0.25) is 4.57 Å². The highest BCUT2D eigenvalue weighted by molar-refractivity contribution is 6.09. The summed E-state index contributed by atoms with van der Waals surface area (Å²) in [6, 6.07) is 48.3. The van der Waals surface area contributed by atoms with Gasteiger partial charge >= 0.3 is 0 Å². The second-order valence-corrected chi connectivity index (χ2v) is 13.0. The minimum Gasteiger partial charge on any atom is -0.321 e. The smallest absolute Gasteiger partial charge is 0.137 e. The van der Waals surface area contributed by atoms with E-state index in [4.69, 9.17) is 4.98 Å². The number of hydrogen-bond acceptors (Lipinski definition) is 3. The normalized spacial score (nSPS) is 13.1. The van der Waals surface area contributed by atoms with E-state index in [0.717, 1.165) is 18.9 Å². The van der Waals surface area contributed by atoms with Crippen molar-refractivity contribution in [3.8, 4) is 5.82 Å². The highest BCUT2D eigenvalue weighted by Gasteiger charge is 2.27. The predicted molar refractivity (Wildman–Crippen MR) is 189 cm³/mol. The van der Waals surface area contributed by atoms with Crippen LogP contribution in [0.5, 0.6) is 0 Å². The fraction of sp³-hybridized carbons (Fsp3) is 0.146. The molecule has 0 amide bonds. The number of fused-ring (bicyclic) bond motifs is 4. The van der Waals surface area contributed by atoms with Gasteiger partial charge in [-0.25, -0.2) is 4.98 Å². The summed E-state index contributed by atoms with van der Waals surface area (Å²) in [6.45, 7) is 7.54. The van der Waals surface area contributed by atoms with Crippen molar-refractivity contribution in [3.63, 3.8) is 0 Å². The first-order chi connectivity index (χ1) is 21.9. The van der Waals surface area contributed by atoms with Crippen LogP contribution < -0.4 is 9.80 Å². The summed E-state index contributed by atoms with van der Waals surface area (Å²) in [5.74, 6) is 0.962. The molecule has 220 valence electrons. The molecule has 45 heavy (non-hydrogen) atoms. The SMILES string of the molecule is CC(C)(C)c1ccnc(-n2c3ccccc3c3ccc(Cc4cccc(N5CN(c6ccccc6)c6ccccc65)c4)cc32)c1. The lowest BCUT2D eigenvalue weighted by Gasteiger charge is -2.22. The fourth-order valence-corrected chi connectivity index (χ4v) is 6.71. The number of pyridine rings is 1. The lowest BCUT2D eigenvalue weighted by atomic mass is 9.88. The molecule has 4 nitrogen and oxygen atoms in total. The fourth-order valence-electron chi connectivity index (χ4n) is 6.71. The van der Waals surface area contributed by atoms with E-state index < -0.39 is 0 Å². The molecule has 1 aliphatic rings. The van der Waals surface area contributed by atoms with Gasteiger partial charge in [0.1, 0.15) is 12.5 Å². The Kier molecular flexibility index (Phi) is 6.45. The van der Waals surface area contributed by atoms with Crippen LogP contribution in [0, 0.1) is 0 Å². The van der Waals surface area contributed by atoms with Crippen LogP contribution in [0.2, 0.25) is 0 Å². The van der Waals surface area contributed by atoms with E-state index in [9.17, 15) is 0 Å². The molecule has 1 aliphatic heterocycles. The van der Waals surface area contributed by atoms with E-state index in [2.05, 4.69) is 169 Å². The maximum Gasteiger partial charge on any atom is 0.137 e. The highest BCUT2D eigenvalue weighted by Crippen LogP contribution is 2.44. The van der Waals surface area contributed by atoms with Gasteiger partial charge in [0.05, 0.1) is 22.4 Å². The van der Waals surface area contributed by atoms with Gasteiger partial charge in [0.15, 0.2) is 0 Å². The molecule has 0 saturated heterocycles. The van der Waals surface area contributed by atoms with Crippen molar-refractivity contribution in [2.45, 2.75) is 32.6 Å². The van der Waals surface area contributed by atoms with Crippen LogP contribution in [0.1, 0.15) is 37.5 Å². The van der Waals surface area contributed by atoms with E-state index in [-0.39, 0.29) is 5.41 Å². The molecule has 0 saturated carbocycles. The zero-order valence-corrected chi connectivity index (χ0v) is 26.0. The first-order valence-corrected chi connectivity index (χ1v) is 15.7. The second-order valence-electron chi connectivity index (χ2n) is 13.0. The van der Waals surface area contributed by atoms with Gasteiger partial charge in [0.2, 0.25) is 0 Å². The molecule has 2 aromatic heterocycles. The first-order valence-electron chi connectivity index (χ1n) is 15.7. The molecule has 4 heteroatoms. The molecule has 8 rings (SSSR count). The molecule has 0 radical (unpaired) electrons. The number of para-hydroxylation sites is 4. The monoisotopic (exact) mass is 584 g/mol. The van der Waals surface area contributed by atoms with Crippen LogP contribution in [0.15, 0.2) is 140 Å². The molecule has 0 bridgehead atoms. The molecule has 0 atom stereocenters. The van der Waals surface area contributed by atoms with E-state index in [0.29, 0.717) is 0 Å². The van der Waals surface area contributed by atoms with Crippen LogP contribution in [0.25, 0.3) is 27.6 Å². The summed E-state index contributed by atoms with van der Waals surface area (Å²) in [5, 5.41) is 2.50. The summed E-state index contributed by atoms with van der Waals surface area (Å²) in [4.78, 5) is 9.67. The van der Waals surface area contributed by atoms with Gasteiger partial charge < -0.3 is 9.80 Å². The van der Waals surface area contributed by atoms with Crippen molar-refractivity contribution >= 4 is 44.6 Å². The maximum atomic E-state index is 4.86. The van der Waals surface area contributed by atoms with Crippen molar-refractivity contribution in [2.24, 2.45) is 0 Å². The average Bonchev–Trinajstić information content (AvgIpc) is 3.61. The Labute approximate surface area is 264 Å². The third-order valence-electron chi connectivity index (χ3n) is 9.02. The van der Waals surface area contributed by atoms with E-state index in [1.54, 1.807) is 0 Å². The van der Waals surface area contributed by atoms with Gasteiger partial charge in [-0.05, 0) is 89.2 Å². The van der Waals surface area contributed by atoms with Gasteiger partial charge in [-0.15, -0.1) is 0 Å². The molecule has 0 aliphatic carbocycles. The van der Waals surface area contributed by atoms with Crippen molar-refractivity contribution in [1.29, 1.82) is 0 Å². The molecule has 3 heterocycles. The predicted octanol–water partition coefficient (Wildman–Crippen LogP) is 10.3. The highest BCUT2D eigenvalue weighted by atomic mass is 15.4. The number of nitrogens with zero attached hydrogens (tertiary/aromatic N) is 4. The molecular formula is C41H36N4. The number of hydrogen-bond donors (Lipinski definition) is 0. The van der Waals surface area contributed by atoms with Crippen molar-refractivity contribution < 1.29 is 0 Å². The maximum absolute atomic E-state index is 4.86. The quantitative estimate of drug-likeness (QED) is 0.201. The number of aromatic nitrogens is 2. The van der Waals surface area contributed by atoms with Gasteiger partial charge in [-0.1, -0.05) is 93.6 Å². The van der Waals surface area contributed by atoms with Crippen LogP contribution in [0.3, 0.4) is 0 Å². The van der Waals surface area contributed by atoms with Gasteiger partial charge in [0, 0.05) is 28.3 Å². The molecule has 0 N–H and O–H groups in total. The van der Waals surface area contributed by atoms with Crippen LogP contribution >= 0.6 is 0 Å². The molecule has 0 unspecified atom stereocenters. The van der Waals surface area contributed by atoms with Gasteiger partial charge in [-0.2, -0.15) is 0 Å². The zero-order valence-electron chi connectivity index (χ0n) is 26.0. The third-order valence-corrected chi connectivity index (χ3v) is 9.02.